The van der Waals surface area contributed by atoms with Crippen LogP contribution in [0.1, 0.15) is 23.7 Å². The molecule has 2 N–H and O–H groups in total. The van der Waals surface area contributed by atoms with Gasteiger partial charge in [0.15, 0.2) is 0 Å². The summed E-state index contributed by atoms with van der Waals surface area (Å²) in [5, 5.41) is 0. The monoisotopic (exact) mass is 277 g/mol. The minimum atomic E-state index is -4.37. The molecule has 0 amide bonds. The van der Waals surface area contributed by atoms with Gasteiger partial charge in [0, 0.05) is 5.69 Å². The van der Waals surface area contributed by atoms with Crippen LogP contribution >= 0.6 is 0 Å². The minimum absolute atomic E-state index is 0.0495. The number of halogens is 3. The molecule has 7 heteroatoms. The summed E-state index contributed by atoms with van der Waals surface area (Å²) in [5.41, 5.74) is 5.66. The van der Waals surface area contributed by atoms with Gasteiger partial charge in [0.25, 0.3) is 0 Å². The van der Waals surface area contributed by atoms with E-state index in [0.29, 0.717) is 6.61 Å². The summed E-state index contributed by atoms with van der Waals surface area (Å²) in [6.45, 7) is 1.26. The zero-order valence-corrected chi connectivity index (χ0v) is 10.3. The molecule has 1 aromatic rings. The number of carbonyl (C=O) groups is 1. The molecule has 0 unspecified atom stereocenters. The quantitative estimate of drug-likeness (QED) is 0.664. The third kappa shape index (κ3) is 4.69. The van der Waals surface area contributed by atoms with Gasteiger partial charge < -0.3 is 15.2 Å². The van der Waals surface area contributed by atoms with Crippen LogP contribution in [0.2, 0.25) is 0 Å². The number of alkyl halides is 3. The van der Waals surface area contributed by atoms with E-state index < -0.39 is 25.2 Å². The van der Waals surface area contributed by atoms with Crippen molar-refractivity contribution in [1.29, 1.82) is 0 Å². The summed E-state index contributed by atoms with van der Waals surface area (Å²) < 4.78 is 45.6. The first-order valence-electron chi connectivity index (χ1n) is 5.60. The molecule has 19 heavy (non-hydrogen) atoms. The summed E-state index contributed by atoms with van der Waals surface area (Å²) in [6.07, 6.45) is -5.57. The molecule has 0 atom stereocenters. The van der Waals surface area contributed by atoms with E-state index >= 15 is 0 Å². The van der Waals surface area contributed by atoms with Gasteiger partial charge >= 0.3 is 12.1 Å². The lowest BCUT2D eigenvalue weighted by Crippen LogP contribution is -2.16. The highest BCUT2D eigenvalue weighted by atomic mass is 19.4. The third-order valence-electron chi connectivity index (χ3n) is 2.18. The van der Waals surface area contributed by atoms with Crippen molar-refractivity contribution < 1.29 is 27.4 Å². The molecule has 0 fully saturated rings. The van der Waals surface area contributed by atoms with Gasteiger partial charge in [0.05, 0.1) is 13.0 Å². The molecule has 0 radical (unpaired) electrons. The zero-order valence-electron chi connectivity index (χ0n) is 10.3. The number of hydrogen-bond acceptors (Lipinski definition) is 4. The maximum Gasteiger partial charge on any atom is 0.392 e. The van der Waals surface area contributed by atoms with E-state index in [-0.39, 0.29) is 17.0 Å². The van der Waals surface area contributed by atoms with Gasteiger partial charge in [-0.1, -0.05) is 6.07 Å². The lowest BCUT2D eigenvalue weighted by Gasteiger charge is -2.12. The van der Waals surface area contributed by atoms with Crippen LogP contribution in [0.15, 0.2) is 18.2 Å². The van der Waals surface area contributed by atoms with Gasteiger partial charge in [-0.15, -0.1) is 0 Å². The van der Waals surface area contributed by atoms with Gasteiger partial charge in [-0.05, 0) is 19.1 Å². The van der Waals surface area contributed by atoms with Crippen molar-refractivity contribution in [1.82, 2.24) is 0 Å². The third-order valence-corrected chi connectivity index (χ3v) is 2.18. The Bertz CT molecular complexity index is 446. The van der Waals surface area contributed by atoms with Gasteiger partial charge in [0.2, 0.25) is 0 Å². The number of nitrogens with two attached hydrogens (primary N) is 1. The Labute approximate surface area is 108 Å². The predicted octanol–water partition coefficient (Wildman–Crippen LogP) is 2.78. The Hall–Kier alpha value is -1.92. The number of ether oxygens (including phenoxy) is 2. The number of anilines is 1. The molecule has 0 aliphatic rings. The number of esters is 1. The molecule has 0 saturated heterocycles. The van der Waals surface area contributed by atoms with Gasteiger partial charge in [0.1, 0.15) is 17.9 Å². The van der Waals surface area contributed by atoms with Crippen LogP contribution in [0.4, 0.5) is 18.9 Å². The summed E-state index contributed by atoms with van der Waals surface area (Å²) in [5.74, 6) is -0.731. The Kier molecular flexibility index (Phi) is 5.02. The molecule has 0 aliphatic heterocycles. The predicted molar refractivity (Wildman–Crippen MR) is 63.0 cm³/mol. The van der Waals surface area contributed by atoms with Gasteiger partial charge in [-0.2, -0.15) is 13.2 Å². The highest BCUT2D eigenvalue weighted by Gasteiger charge is 2.28. The van der Waals surface area contributed by atoms with E-state index in [1.165, 1.54) is 12.1 Å². The van der Waals surface area contributed by atoms with Crippen molar-refractivity contribution >= 4 is 11.7 Å². The fraction of sp³-hybridized carbons (Fsp3) is 0.417. The summed E-state index contributed by atoms with van der Waals surface area (Å²) in [7, 11) is 0. The largest absolute Gasteiger partial charge is 0.493 e. The van der Waals surface area contributed by atoms with Crippen LogP contribution in [-0.4, -0.2) is 25.4 Å². The molecule has 0 aliphatic carbocycles. The summed E-state index contributed by atoms with van der Waals surface area (Å²) in [4.78, 5) is 11.7. The van der Waals surface area contributed by atoms with Crippen LogP contribution < -0.4 is 10.5 Å². The van der Waals surface area contributed by atoms with Crippen molar-refractivity contribution in [2.75, 3.05) is 18.9 Å². The summed E-state index contributed by atoms with van der Waals surface area (Å²) in [6, 6.07) is 4.52. The summed E-state index contributed by atoms with van der Waals surface area (Å²) >= 11 is 0. The maximum atomic E-state index is 11.9. The average Bonchev–Trinajstić information content (AvgIpc) is 2.27. The van der Waals surface area contributed by atoms with Crippen LogP contribution in [0, 0.1) is 0 Å². The topological polar surface area (TPSA) is 61.5 Å². The molecule has 0 spiro atoms. The van der Waals surface area contributed by atoms with Crippen molar-refractivity contribution in [2.45, 2.75) is 19.5 Å². The molecule has 106 valence electrons. The fourth-order valence-electron chi connectivity index (χ4n) is 1.37. The number of benzene rings is 1. The molecular formula is C12H14F3NO3. The Morgan fingerprint density at radius 2 is 2.05 bits per heavy atom. The van der Waals surface area contributed by atoms with Crippen molar-refractivity contribution in [2.24, 2.45) is 0 Å². The van der Waals surface area contributed by atoms with Crippen LogP contribution in [-0.2, 0) is 4.74 Å². The second-order valence-electron chi connectivity index (χ2n) is 3.65. The van der Waals surface area contributed by atoms with Crippen molar-refractivity contribution in [3.05, 3.63) is 23.8 Å². The molecule has 0 bridgehead atoms. The highest BCUT2D eigenvalue weighted by molar-refractivity contribution is 5.98. The minimum Gasteiger partial charge on any atom is -0.493 e. The van der Waals surface area contributed by atoms with Crippen LogP contribution in [0.25, 0.3) is 0 Å². The molecule has 4 nitrogen and oxygen atoms in total. The van der Waals surface area contributed by atoms with Crippen LogP contribution in [0.3, 0.4) is 0 Å². The Balaban J connectivity index is 2.76. The molecule has 0 saturated carbocycles. The van der Waals surface area contributed by atoms with E-state index in [1.807, 2.05) is 0 Å². The van der Waals surface area contributed by atoms with Gasteiger partial charge in [-0.3, -0.25) is 0 Å². The second-order valence-corrected chi connectivity index (χ2v) is 3.65. The van der Waals surface area contributed by atoms with Crippen molar-refractivity contribution in [3.63, 3.8) is 0 Å². The average molecular weight is 277 g/mol. The molecule has 0 aromatic heterocycles. The number of hydrogen-bond donors (Lipinski definition) is 1. The SMILES string of the molecule is CCOc1cccc(N)c1C(=O)OCCC(F)(F)F. The molecular weight excluding hydrogens is 263 g/mol. The fourth-order valence-corrected chi connectivity index (χ4v) is 1.37. The number of carbonyl (C=O) groups excluding carboxylic acids is 1. The van der Waals surface area contributed by atoms with E-state index in [9.17, 15) is 18.0 Å². The standard InChI is InChI=1S/C12H14F3NO3/c1-2-18-9-5-3-4-8(16)10(9)11(17)19-7-6-12(13,14)15/h3-5H,2,6-7,16H2,1H3. The molecule has 1 rings (SSSR count). The van der Waals surface area contributed by atoms with Gasteiger partial charge in [-0.25, -0.2) is 4.79 Å². The van der Waals surface area contributed by atoms with Crippen LogP contribution in [0.5, 0.6) is 5.75 Å². The number of nitrogen functional groups attached to an aromatic ring is 1. The number of rotatable bonds is 5. The second kappa shape index (κ2) is 6.31. The first-order chi connectivity index (χ1) is 8.85. The molecule has 0 heterocycles. The maximum absolute atomic E-state index is 11.9. The van der Waals surface area contributed by atoms with E-state index in [4.69, 9.17) is 10.5 Å². The smallest absolute Gasteiger partial charge is 0.392 e. The lowest BCUT2D eigenvalue weighted by molar-refractivity contribution is -0.141. The first kappa shape index (κ1) is 15.1. The van der Waals surface area contributed by atoms with E-state index in [0.717, 1.165) is 0 Å². The Morgan fingerprint density at radius 1 is 1.37 bits per heavy atom. The normalized spacial score (nSPS) is 11.2. The van der Waals surface area contributed by atoms with Crippen molar-refractivity contribution in [3.8, 4) is 5.75 Å². The zero-order chi connectivity index (χ0) is 14.5. The van der Waals surface area contributed by atoms with E-state index in [2.05, 4.69) is 4.74 Å². The van der Waals surface area contributed by atoms with E-state index in [1.54, 1.807) is 13.0 Å². The molecule has 1 aromatic carbocycles. The highest BCUT2D eigenvalue weighted by Crippen LogP contribution is 2.26. The lowest BCUT2D eigenvalue weighted by atomic mass is 10.1. The first-order valence-corrected chi connectivity index (χ1v) is 5.60. The Morgan fingerprint density at radius 3 is 2.63 bits per heavy atom.